The molecule has 0 aromatic heterocycles. The van der Waals surface area contributed by atoms with Crippen LogP contribution < -0.4 is 5.32 Å². The van der Waals surface area contributed by atoms with Gasteiger partial charge in [0.1, 0.15) is 6.61 Å². The van der Waals surface area contributed by atoms with E-state index in [0.717, 1.165) is 18.1 Å². The monoisotopic (exact) mass is 190 g/mol. The topological polar surface area (TPSA) is 33.6 Å². The molecular weight excluding hydrogens is 176 g/mol. The van der Waals surface area contributed by atoms with Gasteiger partial charge in [0.05, 0.1) is 11.7 Å². The van der Waals surface area contributed by atoms with Crippen LogP contribution in [0.2, 0.25) is 0 Å². The molecule has 2 rings (SSSR count). The van der Waals surface area contributed by atoms with E-state index < -0.39 is 0 Å². The number of nitrogens with one attached hydrogen (secondary N) is 1. The molecule has 0 aliphatic carbocycles. The average molecular weight is 190 g/mol. The maximum atomic E-state index is 5.48. The van der Waals surface area contributed by atoms with Gasteiger partial charge < -0.3 is 10.1 Å². The van der Waals surface area contributed by atoms with Crippen LogP contribution in [0.15, 0.2) is 35.3 Å². The van der Waals surface area contributed by atoms with Gasteiger partial charge in [0, 0.05) is 6.54 Å². The Labute approximate surface area is 83.8 Å². The second-order valence-electron chi connectivity index (χ2n) is 3.31. The third-order valence-electron chi connectivity index (χ3n) is 2.17. The minimum Gasteiger partial charge on any atom is -0.478 e. The predicted octanol–water partition coefficient (Wildman–Crippen LogP) is 1.72. The summed E-state index contributed by atoms with van der Waals surface area (Å²) >= 11 is 0. The van der Waals surface area contributed by atoms with E-state index in [1.807, 2.05) is 30.3 Å². The zero-order valence-corrected chi connectivity index (χ0v) is 8.23. The molecule has 1 aromatic rings. The predicted molar refractivity (Wildman–Crippen MR) is 57.0 cm³/mol. The molecule has 1 aliphatic heterocycles. The molecule has 1 fully saturated rings. The molecular formula is C11H14N2O. The van der Waals surface area contributed by atoms with Crippen molar-refractivity contribution in [3.63, 3.8) is 0 Å². The van der Waals surface area contributed by atoms with Crippen molar-refractivity contribution in [3.05, 3.63) is 30.3 Å². The van der Waals surface area contributed by atoms with E-state index in [1.54, 1.807) is 0 Å². The minimum atomic E-state index is 0.212. The van der Waals surface area contributed by atoms with Crippen molar-refractivity contribution >= 4 is 11.6 Å². The molecule has 1 saturated heterocycles. The summed E-state index contributed by atoms with van der Waals surface area (Å²) in [5.41, 5.74) is 0.943. The van der Waals surface area contributed by atoms with Crippen molar-refractivity contribution in [1.29, 1.82) is 0 Å². The number of morpholine rings is 1. The lowest BCUT2D eigenvalue weighted by molar-refractivity contribution is 0.251. The van der Waals surface area contributed by atoms with Gasteiger partial charge in [0.15, 0.2) is 0 Å². The van der Waals surface area contributed by atoms with Gasteiger partial charge in [0.2, 0.25) is 5.90 Å². The highest BCUT2D eigenvalue weighted by atomic mass is 16.5. The van der Waals surface area contributed by atoms with Crippen molar-refractivity contribution in [2.75, 3.05) is 13.2 Å². The molecule has 3 nitrogen and oxygen atoms in total. The van der Waals surface area contributed by atoms with Crippen molar-refractivity contribution in [2.24, 2.45) is 4.99 Å². The van der Waals surface area contributed by atoms with Crippen LogP contribution >= 0.6 is 0 Å². The van der Waals surface area contributed by atoms with Gasteiger partial charge in [-0.15, -0.1) is 0 Å². The summed E-state index contributed by atoms with van der Waals surface area (Å²) in [6, 6.07) is 10.1. The molecule has 3 heteroatoms. The van der Waals surface area contributed by atoms with Crippen molar-refractivity contribution < 1.29 is 4.74 Å². The number of ether oxygens (including phenoxy) is 1. The standard InChI is InChI=1S/C11H14N2O/c1-9-11(14-8-7-12-9)13-10-5-3-2-4-6-10/h2-6,9,12H,7-8H2,1H3. The summed E-state index contributed by atoms with van der Waals surface area (Å²) in [5.74, 6) is 0.780. The van der Waals surface area contributed by atoms with E-state index in [2.05, 4.69) is 17.2 Å². The molecule has 0 bridgehead atoms. The molecule has 1 unspecified atom stereocenters. The van der Waals surface area contributed by atoms with E-state index in [9.17, 15) is 0 Å². The van der Waals surface area contributed by atoms with Crippen LogP contribution in [-0.2, 0) is 4.74 Å². The van der Waals surface area contributed by atoms with Crippen molar-refractivity contribution in [2.45, 2.75) is 13.0 Å². The number of hydrogen-bond acceptors (Lipinski definition) is 3. The van der Waals surface area contributed by atoms with Crippen molar-refractivity contribution in [3.8, 4) is 0 Å². The molecule has 0 spiro atoms. The fourth-order valence-electron chi connectivity index (χ4n) is 1.40. The number of rotatable bonds is 1. The Bertz CT molecular complexity index is 321. The first-order chi connectivity index (χ1) is 6.86. The molecule has 74 valence electrons. The zero-order chi connectivity index (χ0) is 9.80. The first-order valence-corrected chi connectivity index (χ1v) is 4.86. The lowest BCUT2D eigenvalue weighted by Crippen LogP contribution is -2.43. The van der Waals surface area contributed by atoms with E-state index in [4.69, 9.17) is 4.74 Å². The van der Waals surface area contributed by atoms with E-state index in [0.29, 0.717) is 6.61 Å². The van der Waals surface area contributed by atoms with Gasteiger partial charge in [-0.25, -0.2) is 4.99 Å². The summed E-state index contributed by atoms with van der Waals surface area (Å²) in [5, 5.41) is 3.30. The van der Waals surface area contributed by atoms with Crippen LogP contribution in [-0.4, -0.2) is 25.1 Å². The molecule has 1 N–H and O–H groups in total. The van der Waals surface area contributed by atoms with Gasteiger partial charge in [0.25, 0.3) is 0 Å². The van der Waals surface area contributed by atoms with Gasteiger partial charge in [-0.05, 0) is 19.1 Å². The Morgan fingerprint density at radius 3 is 2.86 bits per heavy atom. The molecule has 0 radical (unpaired) electrons. The fraction of sp³-hybridized carbons (Fsp3) is 0.364. The van der Waals surface area contributed by atoms with Crippen LogP contribution in [0.1, 0.15) is 6.92 Å². The highest BCUT2D eigenvalue weighted by Crippen LogP contribution is 2.12. The highest BCUT2D eigenvalue weighted by molar-refractivity contribution is 5.84. The van der Waals surface area contributed by atoms with E-state index in [-0.39, 0.29) is 6.04 Å². The Hall–Kier alpha value is -1.35. The zero-order valence-electron chi connectivity index (χ0n) is 8.23. The Morgan fingerprint density at radius 2 is 2.14 bits per heavy atom. The maximum Gasteiger partial charge on any atom is 0.205 e. The Kier molecular flexibility index (Phi) is 2.79. The van der Waals surface area contributed by atoms with Gasteiger partial charge >= 0.3 is 0 Å². The lowest BCUT2D eigenvalue weighted by atomic mass is 10.3. The summed E-state index contributed by atoms with van der Waals surface area (Å²) in [6.45, 7) is 3.66. The first kappa shape index (κ1) is 9.21. The van der Waals surface area contributed by atoms with Crippen LogP contribution in [0, 0.1) is 0 Å². The summed E-state index contributed by atoms with van der Waals surface area (Å²) in [6.07, 6.45) is 0. The van der Waals surface area contributed by atoms with Crippen LogP contribution in [0.25, 0.3) is 0 Å². The first-order valence-electron chi connectivity index (χ1n) is 4.86. The number of hydrogen-bond donors (Lipinski definition) is 1. The average Bonchev–Trinajstić information content (AvgIpc) is 2.23. The second-order valence-corrected chi connectivity index (χ2v) is 3.31. The maximum absolute atomic E-state index is 5.48. The quantitative estimate of drug-likeness (QED) is 0.731. The van der Waals surface area contributed by atoms with Gasteiger partial charge in [-0.1, -0.05) is 18.2 Å². The SMILES string of the molecule is CC1NCCOC1=Nc1ccccc1. The Morgan fingerprint density at radius 1 is 1.36 bits per heavy atom. The smallest absolute Gasteiger partial charge is 0.205 e. The molecule has 14 heavy (non-hydrogen) atoms. The molecule has 1 heterocycles. The highest BCUT2D eigenvalue weighted by Gasteiger charge is 2.15. The van der Waals surface area contributed by atoms with Crippen LogP contribution in [0.3, 0.4) is 0 Å². The molecule has 1 atom stereocenters. The number of nitrogens with zero attached hydrogens (tertiary/aromatic N) is 1. The summed E-state index contributed by atoms with van der Waals surface area (Å²) in [4.78, 5) is 4.43. The summed E-state index contributed by atoms with van der Waals surface area (Å²) in [7, 11) is 0. The number of benzene rings is 1. The van der Waals surface area contributed by atoms with Gasteiger partial charge in [-0.3, -0.25) is 0 Å². The molecule has 0 saturated carbocycles. The molecule has 0 amide bonds. The number of aliphatic imine (C=N–C) groups is 1. The third-order valence-corrected chi connectivity index (χ3v) is 2.17. The van der Waals surface area contributed by atoms with E-state index in [1.165, 1.54) is 0 Å². The van der Waals surface area contributed by atoms with E-state index >= 15 is 0 Å². The summed E-state index contributed by atoms with van der Waals surface area (Å²) < 4.78 is 5.48. The second kappa shape index (κ2) is 4.24. The van der Waals surface area contributed by atoms with Crippen molar-refractivity contribution in [1.82, 2.24) is 5.32 Å². The Balaban J connectivity index is 2.17. The van der Waals surface area contributed by atoms with Gasteiger partial charge in [-0.2, -0.15) is 0 Å². The lowest BCUT2D eigenvalue weighted by Gasteiger charge is -2.22. The largest absolute Gasteiger partial charge is 0.478 e. The minimum absolute atomic E-state index is 0.212. The number of para-hydroxylation sites is 1. The normalized spacial score (nSPS) is 24.6. The third kappa shape index (κ3) is 2.12. The molecule has 1 aliphatic rings. The van der Waals surface area contributed by atoms with Crippen LogP contribution in [0.5, 0.6) is 0 Å². The fourth-order valence-corrected chi connectivity index (χ4v) is 1.40. The molecule has 1 aromatic carbocycles. The van der Waals surface area contributed by atoms with Crippen LogP contribution in [0.4, 0.5) is 5.69 Å².